The SMILES string of the molecule is CN(c1ccc(CN2CC(N)C2)cc1C(=O)Nc1ccc(S(=O)(=O)N2CCN(c3cc(Cl)cc(Cl)c3)CC2)cc1)S(C)(=O)=O. The van der Waals surface area contributed by atoms with Crippen LogP contribution >= 0.6 is 23.2 Å². The Bertz CT molecular complexity index is 1740. The number of halogens is 2. The van der Waals surface area contributed by atoms with E-state index < -0.39 is 26.0 Å². The van der Waals surface area contributed by atoms with Gasteiger partial charge in [-0.25, -0.2) is 16.8 Å². The third-order valence-corrected chi connectivity index (χ3v) is 11.3. The van der Waals surface area contributed by atoms with Gasteiger partial charge in [0.2, 0.25) is 20.0 Å². The summed E-state index contributed by atoms with van der Waals surface area (Å²) in [6.45, 7) is 3.56. The highest BCUT2D eigenvalue weighted by atomic mass is 35.5. The summed E-state index contributed by atoms with van der Waals surface area (Å²) >= 11 is 12.3. The Labute approximate surface area is 268 Å². The molecular formula is C29H34Cl2N6O5S2. The van der Waals surface area contributed by atoms with Crippen LogP contribution in [0.2, 0.25) is 10.0 Å². The fourth-order valence-corrected chi connectivity index (χ4v) is 7.73. The van der Waals surface area contributed by atoms with Gasteiger partial charge in [-0.1, -0.05) is 29.3 Å². The maximum Gasteiger partial charge on any atom is 0.257 e. The molecule has 0 atom stereocenters. The number of nitrogens with two attached hydrogens (primary N) is 1. The second kappa shape index (κ2) is 12.8. The Morgan fingerprint density at radius 3 is 2.11 bits per heavy atom. The number of likely N-dealkylation sites (tertiary alicyclic amines) is 1. The molecule has 2 fully saturated rings. The molecule has 2 aliphatic rings. The van der Waals surface area contributed by atoms with Crippen LogP contribution < -0.4 is 20.3 Å². The normalized spacial score (nSPS) is 16.9. The van der Waals surface area contributed by atoms with Gasteiger partial charge < -0.3 is 16.0 Å². The predicted molar refractivity (Wildman–Crippen MR) is 175 cm³/mol. The number of amides is 1. The minimum absolute atomic E-state index is 0.0991. The molecule has 0 aliphatic carbocycles. The van der Waals surface area contributed by atoms with Crippen molar-refractivity contribution in [2.24, 2.45) is 5.73 Å². The van der Waals surface area contributed by atoms with E-state index in [2.05, 4.69) is 10.2 Å². The minimum Gasteiger partial charge on any atom is -0.369 e. The van der Waals surface area contributed by atoms with E-state index >= 15 is 0 Å². The number of carbonyl (C=O) groups is 1. The summed E-state index contributed by atoms with van der Waals surface area (Å²) < 4.78 is 53.8. The smallest absolute Gasteiger partial charge is 0.257 e. The van der Waals surface area contributed by atoms with Crippen molar-refractivity contribution in [1.29, 1.82) is 0 Å². The maximum absolute atomic E-state index is 13.4. The van der Waals surface area contributed by atoms with E-state index in [9.17, 15) is 21.6 Å². The Kier molecular flexibility index (Phi) is 9.47. The zero-order chi connectivity index (χ0) is 31.8. The van der Waals surface area contributed by atoms with Gasteiger partial charge >= 0.3 is 0 Å². The zero-order valence-electron chi connectivity index (χ0n) is 24.3. The summed E-state index contributed by atoms with van der Waals surface area (Å²) in [6, 6.07) is 16.4. The van der Waals surface area contributed by atoms with Crippen molar-refractivity contribution >= 4 is 66.2 Å². The second-order valence-corrected chi connectivity index (χ2v) is 15.9. The molecule has 0 spiro atoms. The molecule has 44 heavy (non-hydrogen) atoms. The fraction of sp³-hybridized carbons (Fsp3) is 0.345. The zero-order valence-corrected chi connectivity index (χ0v) is 27.4. The van der Waals surface area contributed by atoms with Gasteiger partial charge in [0.15, 0.2) is 0 Å². The number of nitrogens with zero attached hydrogens (tertiary/aromatic N) is 4. The first-order chi connectivity index (χ1) is 20.7. The molecule has 0 radical (unpaired) electrons. The summed E-state index contributed by atoms with van der Waals surface area (Å²) in [6.07, 6.45) is 1.07. The number of carbonyl (C=O) groups excluding carboxylic acids is 1. The number of benzene rings is 3. The van der Waals surface area contributed by atoms with Crippen LogP contribution in [0.4, 0.5) is 17.1 Å². The van der Waals surface area contributed by atoms with E-state index in [0.29, 0.717) is 35.4 Å². The molecule has 11 nitrogen and oxygen atoms in total. The van der Waals surface area contributed by atoms with E-state index in [1.807, 2.05) is 4.90 Å². The van der Waals surface area contributed by atoms with Crippen LogP contribution in [0.1, 0.15) is 15.9 Å². The molecule has 0 aromatic heterocycles. The highest BCUT2D eigenvalue weighted by Gasteiger charge is 2.29. The summed E-state index contributed by atoms with van der Waals surface area (Å²) in [7, 11) is -6.03. The van der Waals surface area contributed by atoms with Crippen molar-refractivity contribution in [3.05, 3.63) is 81.8 Å². The Morgan fingerprint density at radius 2 is 1.55 bits per heavy atom. The minimum atomic E-state index is -3.78. The first-order valence-corrected chi connectivity index (χ1v) is 17.9. The van der Waals surface area contributed by atoms with E-state index in [4.69, 9.17) is 28.9 Å². The van der Waals surface area contributed by atoms with Crippen LogP contribution in [0.25, 0.3) is 0 Å². The van der Waals surface area contributed by atoms with Crippen LogP contribution in [0, 0.1) is 0 Å². The lowest BCUT2D eigenvalue weighted by Crippen LogP contribution is -2.54. The summed E-state index contributed by atoms with van der Waals surface area (Å²) in [4.78, 5) is 17.7. The van der Waals surface area contributed by atoms with Crippen molar-refractivity contribution in [2.75, 3.05) is 67.1 Å². The van der Waals surface area contributed by atoms with Gasteiger partial charge in [-0.05, 0) is 60.2 Å². The monoisotopic (exact) mass is 680 g/mol. The molecule has 0 bridgehead atoms. The number of sulfonamides is 2. The summed E-state index contributed by atoms with van der Waals surface area (Å²) in [5, 5.41) is 3.81. The maximum atomic E-state index is 13.4. The quantitative estimate of drug-likeness (QED) is 0.352. The van der Waals surface area contributed by atoms with Crippen molar-refractivity contribution in [3.63, 3.8) is 0 Å². The van der Waals surface area contributed by atoms with E-state index in [1.54, 1.807) is 36.4 Å². The molecule has 15 heteroatoms. The van der Waals surface area contributed by atoms with Crippen molar-refractivity contribution in [1.82, 2.24) is 9.21 Å². The average Bonchev–Trinajstić information content (AvgIpc) is 2.95. The lowest BCUT2D eigenvalue weighted by molar-refractivity contribution is 0.102. The molecule has 3 aromatic rings. The summed E-state index contributed by atoms with van der Waals surface area (Å²) in [5.74, 6) is -0.523. The number of nitrogens with one attached hydrogen (secondary N) is 1. The Morgan fingerprint density at radius 1 is 0.932 bits per heavy atom. The van der Waals surface area contributed by atoms with Crippen molar-refractivity contribution < 1.29 is 21.6 Å². The van der Waals surface area contributed by atoms with E-state index in [-0.39, 0.29) is 35.3 Å². The number of hydrogen-bond donors (Lipinski definition) is 2. The third kappa shape index (κ3) is 7.31. The molecule has 1 amide bonds. The molecule has 2 saturated heterocycles. The van der Waals surface area contributed by atoms with Gasteiger partial charge in [-0.2, -0.15) is 4.31 Å². The molecule has 2 heterocycles. The van der Waals surface area contributed by atoms with Crippen LogP contribution in [0.3, 0.4) is 0 Å². The van der Waals surface area contributed by atoms with Crippen LogP contribution in [0.5, 0.6) is 0 Å². The fourth-order valence-electron chi connectivity index (χ4n) is 5.28. The topological polar surface area (TPSA) is 136 Å². The lowest BCUT2D eigenvalue weighted by Gasteiger charge is -2.37. The molecule has 3 aromatic carbocycles. The Hall–Kier alpha value is -2.91. The molecular weight excluding hydrogens is 647 g/mol. The molecule has 0 unspecified atom stereocenters. The van der Waals surface area contributed by atoms with E-state index in [1.165, 1.54) is 35.6 Å². The van der Waals surface area contributed by atoms with Crippen LogP contribution in [0.15, 0.2) is 65.6 Å². The number of hydrogen-bond acceptors (Lipinski definition) is 8. The number of rotatable bonds is 9. The van der Waals surface area contributed by atoms with Gasteiger partial charge in [0, 0.05) is 80.3 Å². The second-order valence-electron chi connectivity index (χ2n) is 11.0. The van der Waals surface area contributed by atoms with Crippen LogP contribution in [-0.4, -0.2) is 90.6 Å². The molecule has 2 aliphatic heterocycles. The molecule has 0 saturated carbocycles. The highest BCUT2D eigenvalue weighted by Crippen LogP contribution is 2.29. The predicted octanol–water partition coefficient (Wildman–Crippen LogP) is 3.30. The van der Waals surface area contributed by atoms with Crippen molar-refractivity contribution in [2.45, 2.75) is 17.5 Å². The average molecular weight is 682 g/mol. The van der Waals surface area contributed by atoms with Crippen molar-refractivity contribution in [3.8, 4) is 0 Å². The number of anilines is 3. The number of piperazine rings is 1. The first-order valence-electron chi connectivity index (χ1n) is 13.9. The van der Waals surface area contributed by atoms with Gasteiger partial charge in [-0.15, -0.1) is 0 Å². The molecule has 236 valence electrons. The van der Waals surface area contributed by atoms with Gasteiger partial charge in [0.05, 0.1) is 22.4 Å². The molecule has 5 rings (SSSR count). The first kappa shape index (κ1) is 32.5. The Balaban J connectivity index is 1.28. The van der Waals surface area contributed by atoms with Gasteiger partial charge in [-0.3, -0.25) is 14.0 Å². The largest absolute Gasteiger partial charge is 0.369 e. The third-order valence-electron chi connectivity index (χ3n) is 7.73. The highest BCUT2D eigenvalue weighted by molar-refractivity contribution is 7.92. The standard InChI is InChI=1S/C29H34Cl2N6O5S2/c1-34(43(2,39)40)28-8-3-20(17-35-18-23(32)19-35)13-27(28)29(38)33-24-4-6-26(7-5-24)44(41,42)37-11-9-36(10-12-37)25-15-21(30)14-22(31)16-25/h3-8,13-16,23H,9-12,17-19,32H2,1-2H3,(H,33,38). The van der Waals surface area contributed by atoms with E-state index in [0.717, 1.165) is 34.9 Å². The van der Waals surface area contributed by atoms with Gasteiger partial charge in [0.25, 0.3) is 5.91 Å². The van der Waals surface area contributed by atoms with Crippen LogP contribution in [-0.2, 0) is 26.6 Å². The lowest BCUT2D eigenvalue weighted by atomic mass is 10.0. The molecule has 3 N–H and O–H groups in total. The van der Waals surface area contributed by atoms with Gasteiger partial charge in [0.1, 0.15) is 0 Å². The summed E-state index contributed by atoms with van der Waals surface area (Å²) in [5.41, 5.74) is 8.33.